The second kappa shape index (κ2) is 6.65. The Balaban J connectivity index is 2.82. The zero-order valence-electron chi connectivity index (χ0n) is 11.4. The molecule has 1 aromatic carbocycles. The minimum absolute atomic E-state index is 0.206. The van der Waals surface area contributed by atoms with Gasteiger partial charge in [0.2, 0.25) is 0 Å². The van der Waals surface area contributed by atoms with Gasteiger partial charge in [-0.1, -0.05) is 49.7 Å². The van der Waals surface area contributed by atoms with E-state index in [0.29, 0.717) is 29.7 Å². The minimum atomic E-state index is -0.522. The van der Waals surface area contributed by atoms with E-state index in [4.69, 9.17) is 0 Å². The van der Waals surface area contributed by atoms with Gasteiger partial charge in [-0.05, 0) is 35.8 Å². The molecule has 0 nitrogen and oxygen atoms in total. The van der Waals surface area contributed by atoms with E-state index in [1.807, 2.05) is 0 Å². The summed E-state index contributed by atoms with van der Waals surface area (Å²) in [5.41, 5.74) is 0.574. The fraction of sp³-hybridized carbons (Fsp3) is 0.600. The molecule has 1 rings (SSSR count). The van der Waals surface area contributed by atoms with Gasteiger partial charge in [-0.3, -0.25) is 0 Å². The maximum absolute atomic E-state index is 13.6. The van der Waals surface area contributed by atoms with Gasteiger partial charge in [-0.2, -0.15) is 0 Å². The average Bonchev–Trinajstić information content (AvgIpc) is 2.21. The lowest BCUT2D eigenvalue weighted by Crippen LogP contribution is -2.27. The van der Waals surface area contributed by atoms with Gasteiger partial charge in [0.25, 0.3) is 0 Å². The molecule has 0 saturated carbocycles. The van der Waals surface area contributed by atoms with Gasteiger partial charge in [-0.15, -0.1) is 0 Å². The Morgan fingerprint density at radius 3 is 2.06 bits per heavy atom. The van der Waals surface area contributed by atoms with E-state index < -0.39 is 11.6 Å². The van der Waals surface area contributed by atoms with Crippen LogP contribution in [-0.2, 0) is 6.42 Å². The van der Waals surface area contributed by atoms with Crippen LogP contribution in [0.1, 0.15) is 33.3 Å². The van der Waals surface area contributed by atoms with Crippen LogP contribution >= 0.6 is 15.9 Å². The lowest BCUT2D eigenvalue weighted by Gasteiger charge is -2.30. The van der Waals surface area contributed by atoms with E-state index >= 15 is 0 Å². The van der Waals surface area contributed by atoms with Gasteiger partial charge in [0.05, 0.1) is 0 Å². The first-order valence-electron chi connectivity index (χ1n) is 6.41. The van der Waals surface area contributed by atoms with Crippen LogP contribution in [0.5, 0.6) is 0 Å². The molecule has 0 aliphatic heterocycles. The number of halogens is 3. The number of rotatable bonds is 5. The predicted octanol–water partition coefficient (Wildman–Crippen LogP) is 5.20. The highest BCUT2D eigenvalue weighted by atomic mass is 79.9. The van der Waals surface area contributed by atoms with Crippen molar-refractivity contribution in [2.75, 3.05) is 0 Å². The molecule has 0 heterocycles. The number of hydrogen-bond donors (Lipinski definition) is 0. The molecule has 0 aliphatic rings. The Morgan fingerprint density at radius 2 is 1.61 bits per heavy atom. The van der Waals surface area contributed by atoms with Crippen LogP contribution in [0, 0.1) is 29.4 Å². The summed E-state index contributed by atoms with van der Waals surface area (Å²) in [4.78, 5) is 0.206. The topological polar surface area (TPSA) is 0 Å². The van der Waals surface area contributed by atoms with E-state index in [2.05, 4.69) is 43.6 Å². The van der Waals surface area contributed by atoms with E-state index in [-0.39, 0.29) is 4.83 Å². The third-order valence-electron chi connectivity index (χ3n) is 3.39. The van der Waals surface area contributed by atoms with Gasteiger partial charge >= 0.3 is 0 Å². The third-order valence-corrected chi connectivity index (χ3v) is 4.32. The van der Waals surface area contributed by atoms with Gasteiger partial charge in [0.15, 0.2) is 0 Å². The minimum Gasteiger partial charge on any atom is -0.207 e. The van der Waals surface area contributed by atoms with Crippen molar-refractivity contribution in [3.63, 3.8) is 0 Å². The summed E-state index contributed by atoms with van der Waals surface area (Å²) in [5.74, 6) is 0.544. The molecule has 102 valence electrons. The van der Waals surface area contributed by atoms with Crippen LogP contribution in [0.2, 0.25) is 0 Å². The predicted molar refractivity (Wildman–Crippen MR) is 75.9 cm³/mol. The van der Waals surface area contributed by atoms with Crippen molar-refractivity contribution < 1.29 is 8.78 Å². The van der Waals surface area contributed by atoms with E-state index in [1.54, 1.807) is 0 Å². The van der Waals surface area contributed by atoms with Crippen molar-refractivity contribution in [2.24, 2.45) is 17.8 Å². The van der Waals surface area contributed by atoms with Gasteiger partial charge in [-0.25, -0.2) is 8.78 Å². The molecule has 0 spiro atoms. The van der Waals surface area contributed by atoms with Crippen LogP contribution in [-0.4, -0.2) is 4.83 Å². The Hall–Kier alpha value is -0.440. The summed E-state index contributed by atoms with van der Waals surface area (Å²) < 4.78 is 26.5. The van der Waals surface area contributed by atoms with Crippen LogP contribution in [0.4, 0.5) is 8.78 Å². The Morgan fingerprint density at radius 1 is 1.06 bits per heavy atom. The molecular weight excluding hydrogens is 298 g/mol. The first-order valence-corrected chi connectivity index (χ1v) is 7.32. The van der Waals surface area contributed by atoms with Gasteiger partial charge < -0.3 is 0 Å². The summed E-state index contributed by atoms with van der Waals surface area (Å²) >= 11 is 3.67. The summed E-state index contributed by atoms with van der Waals surface area (Å²) in [6.45, 7) is 8.72. The largest absolute Gasteiger partial charge is 0.207 e. The molecule has 0 radical (unpaired) electrons. The Labute approximate surface area is 117 Å². The number of benzene rings is 1. The molecule has 1 atom stereocenters. The molecule has 1 aromatic rings. The molecule has 1 unspecified atom stereocenters. The van der Waals surface area contributed by atoms with Crippen molar-refractivity contribution in [2.45, 2.75) is 38.9 Å². The lowest BCUT2D eigenvalue weighted by molar-refractivity contribution is 0.280. The fourth-order valence-corrected chi connectivity index (χ4v) is 4.21. The SMILES string of the molecule is CC(C)C(C(C)C)C(Br)Cc1ccc(F)cc1F. The number of hydrogen-bond acceptors (Lipinski definition) is 0. The van der Waals surface area contributed by atoms with Crippen LogP contribution in [0.25, 0.3) is 0 Å². The van der Waals surface area contributed by atoms with Gasteiger partial charge in [0.1, 0.15) is 11.6 Å². The molecule has 0 amide bonds. The first-order chi connectivity index (χ1) is 8.32. The maximum atomic E-state index is 13.6. The normalized spacial score (nSPS) is 13.7. The molecule has 0 aliphatic carbocycles. The van der Waals surface area contributed by atoms with E-state index in [9.17, 15) is 8.78 Å². The van der Waals surface area contributed by atoms with Crippen LogP contribution in [0.3, 0.4) is 0 Å². The average molecular weight is 319 g/mol. The van der Waals surface area contributed by atoms with Crippen LogP contribution in [0.15, 0.2) is 18.2 Å². The van der Waals surface area contributed by atoms with Crippen molar-refractivity contribution in [1.29, 1.82) is 0 Å². The number of alkyl halides is 1. The highest BCUT2D eigenvalue weighted by Crippen LogP contribution is 2.31. The second-order valence-electron chi connectivity index (χ2n) is 5.52. The summed E-state index contributed by atoms with van der Waals surface area (Å²) in [6.07, 6.45) is 0.590. The highest BCUT2D eigenvalue weighted by Gasteiger charge is 2.26. The monoisotopic (exact) mass is 318 g/mol. The van der Waals surface area contributed by atoms with Crippen molar-refractivity contribution in [3.8, 4) is 0 Å². The molecule has 0 aromatic heterocycles. The van der Waals surface area contributed by atoms with E-state index in [0.717, 1.165) is 6.07 Å². The standard InChI is InChI=1S/C15H21BrF2/c1-9(2)15(10(3)4)13(16)7-11-5-6-12(17)8-14(11)18/h5-6,8-10,13,15H,7H2,1-4H3. The third kappa shape index (κ3) is 4.04. The molecule has 0 fully saturated rings. The molecule has 0 bridgehead atoms. The second-order valence-corrected chi connectivity index (χ2v) is 6.70. The van der Waals surface area contributed by atoms with Crippen molar-refractivity contribution >= 4 is 15.9 Å². The zero-order valence-corrected chi connectivity index (χ0v) is 13.0. The molecule has 3 heteroatoms. The molecule has 0 saturated heterocycles. The highest BCUT2D eigenvalue weighted by molar-refractivity contribution is 9.09. The summed E-state index contributed by atoms with van der Waals surface area (Å²) in [6, 6.07) is 3.81. The van der Waals surface area contributed by atoms with Gasteiger partial charge in [0, 0.05) is 10.9 Å². The Bertz CT molecular complexity index is 380. The zero-order chi connectivity index (χ0) is 13.9. The summed E-state index contributed by atoms with van der Waals surface area (Å²) in [7, 11) is 0. The quantitative estimate of drug-likeness (QED) is 0.655. The lowest BCUT2D eigenvalue weighted by atomic mass is 9.81. The molecular formula is C15H21BrF2. The smallest absolute Gasteiger partial charge is 0.129 e. The van der Waals surface area contributed by atoms with E-state index in [1.165, 1.54) is 12.1 Å². The molecule has 18 heavy (non-hydrogen) atoms. The fourth-order valence-electron chi connectivity index (χ4n) is 2.64. The maximum Gasteiger partial charge on any atom is 0.129 e. The first kappa shape index (κ1) is 15.6. The summed E-state index contributed by atoms with van der Waals surface area (Å²) in [5, 5.41) is 0. The van der Waals surface area contributed by atoms with Crippen LogP contribution < -0.4 is 0 Å². The molecule has 0 N–H and O–H groups in total. The van der Waals surface area contributed by atoms with Crippen molar-refractivity contribution in [3.05, 3.63) is 35.4 Å². The Kier molecular flexibility index (Phi) is 5.77. The van der Waals surface area contributed by atoms with Crippen molar-refractivity contribution in [1.82, 2.24) is 0 Å².